The molecule has 1 aromatic rings. The maximum absolute atomic E-state index is 11.7. The van der Waals surface area contributed by atoms with Gasteiger partial charge in [-0.05, 0) is 49.9 Å². The Labute approximate surface area is 113 Å². The van der Waals surface area contributed by atoms with Crippen molar-refractivity contribution in [1.29, 1.82) is 0 Å². The molecular formula is C15H20N2O2. The van der Waals surface area contributed by atoms with Crippen LogP contribution in [0.5, 0.6) is 0 Å². The molecule has 0 bridgehead atoms. The summed E-state index contributed by atoms with van der Waals surface area (Å²) in [5.41, 5.74) is 1.35. The van der Waals surface area contributed by atoms with Crippen molar-refractivity contribution in [2.75, 3.05) is 11.9 Å². The van der Waals surface area contributed by atoms with Crippen molar-refractivity contribution in [2.24, 2.45) is 5.92 Å². The van der Waals surface area contributed by atoms with Gasteiger partial charge in [-0.15, -0.1) is 0 Å². The third-order valence-corrected chi connectivity index (χ3v) is 3.58. The van der Waals surface area contributed by atoms with Gasteiger partial charge in [0.15, 0.2) is 5.78 Å². The van der Waals surface area contributed by atoms with E-state index in [1.54, 1.807) is 24.3 Å². The Morgan fingerprint density at radius 2 is 1.79 bits per heavy atom. The van der Waals surface area contributed by atoms with E-state index < -0.39 is 0 Å². The molecular weight excluding hydrogens is 240 g/mol. The number of carbonyl (C=O) groups is 2. The van der Waals surface area contributed by atoms with E-state index in [1.165, 1.54) is 32.6 Å². The molecule has 0 aliphatic heterocycles. The van der Waals surface area contributed by atoms with Gasteiger partial charge < -0.3 is 10.6 Å². The summed E-state index contributed by atoms with van der Waals surface area (Å²) in [6.45, 7) is 2.27. The maximum Gasteiger partial charge on any atom is 0.319 e. The van der Waals surface area contributed by atoms with E-state index >= 15 is 0 Å². The summed E-state index contributed by atoms with van der Waals surface area (Å²) < 4.78 is 0. The second-order valence-corrected chi connectivity index (χ2v) is 5.12. The van der Waals surface area contributed by atoms with E-state index in [0.717, 1.165) is 6.54 Å². The minimum Gasteiger partial charge on any atom is -0.338 e. The third-order valence-electron chi connectivity index (χ3n) is 3.58. The first-order valence-corrected chi connectivity index (χ1v) is 6.81. The molecule has 0 radical (unpaired) electrons. The van der Waals surface area contributed by atoms with Crippen molar-refractivity contribution in [3.63, 3.8) is 0 Å². The quantitative estimate of drug-likeness (QED) is 0.817. The van der Waals surface area contributed by atoms with Gasteiger partial charge in [-0.3, -0.25) is 4.79 Å². The highest BCUT2D eigenvalue weighted by molar-refractivity contribution is 5.95. The van der Waals surface area contributed by atoms with Crippen LogP contribution in [-0.4, -0.2) is 18.4 Å². The largest absolute Gasteiger partial charge is 0.338 e. The average Bonchev–Trinajstić information content (AvgIpc) is 2.90. The molecule has 0 heterocycles. The lowest BCUT2D eigenvalue weighted by Crippen LogP contribution is -2.32. The van der Waals surface area contributed by atoms with E-state index in [9.17, 15) is 9.59 Å². The molecule has 0 spiro atoms. The molecule has 0 aromatic heterocycles. The zero-order valence-corrected chi connectivity index (χ0v) is 11.2. The van der Waals surface area contributed by atoms with E-state index in [4.69, 9.17) is 0 Å². The van der Waals surface area contributed by atoms with Crippen molar-refractivity contribution >= 4 is 17.5 Å². The molecule has 4 heteroatoms. The predicted octanol–water partition coefficient (Wildman–Crippen LogP) is 3.20. The summed E-state index contributed by atoms with van der Waals surface area (Å²) in [5, 5.41) is 5.66. The molecule has 1 aliphatic rings. The zero-order valence-electron chi connectivity index (χ0n) is 11.2. The van der Waals surface area contributed by atoms with Gasteiger partial charge in [0.25, 0.3) is 0 Å². The van der Waals surface area contributed by atoms with Crippen LogP contribution in [0.4, 0.5) is 10.5 Å². The number of amides is 2. The van der Waals surface area contributed by atoms with Gasteiger partial charge in [0.2, 0.25) is 0 Å². The SMILES string of the molecule is CC(=O)c1ccc(NC(=O)NCC2CCCC2)cc1. The van der Waals surface area contributed by atoms with Crippen LogP contribution in [0, 0.1) is 5.92 Å². The van der Waals surface area contributed by atoms with Gasteiger partial charge >= 0.3 is 6.03 Å². The second-order valence-electron chi connectivity index (χ2n) is 5.12. The van der Waals surface area contributed by atoms with E-state index in [2.05, 4.69) is 10.6 Å². The molecule has 4 nitrogen and oxygen atoms in total. The van der Waals surface area contributed by atoms with Crippen molar-refractivity contribution in [1.82, 2.24) is 5.32 Å². The van der Waals surface area contributed by atoms with Gasteiger partial charge in [0.1, 0.15) is 0 Å². The fourth-order valence-electron chi connectivity index (χ4n) is 2.42. The lowest BCUT2D eigenvalue weighted by atomic mass is 10.1. The molecule has 2 rings (SSSR count). The highest BCUT2D eigenvalue weighted by Crippen LogP contribution is 2.23. The summed E-state index contributed by atoms with van der Waals surface area (Å²) in [6, 6.07) is 6.74. The van der Waals surface area contributed by atoms with Gasteiger partial charge in [0, 0.05) is 17.8 Å². The summed E-state index contributed by atoms with van der Waals surface area (Å²) in [5.74, 6) is 0.656. The highest BCUT2D eigenvalue weighted by atomic mass is 16.2. The predicted molar refractivity (Wildman–Crippen MR) is 75.4 cm³/mol. The first kappa shape index (κ1) is 13.6. The van der Waals surface area contributed by atoms with E-state index in [0.29, 0.717) is 17.2 Å². The first-order valence-electron chi connectivity index (χ1n) is 6.81. The maximum atomic E-state index is 11.7. The van der Waals surface area contributed by atoms with E-state index in [-0.39, 0.29) is 11.8 Å². The lowest BCUT2D eigenvalue weighted by Gasteiger charge is -2.11. The summed E-state index contributed by atoms with van der Waals surface area (Å²) in [7, 11) is 0. The van der Waals surface area contributed by atoms with Crippen LogP contribution in [0.25, 0.3) is 0 Å². The van der Waals surface area contributed by atoms with Crippen LogP contribution >= 0.6 is 0 Å². The Morgan fingerprint density at radius 3 is 2.37 bits per heavy atom. The average molecular weight is 260 g/mol. The summed E-state index contributed by atoms with van der Waals surface area (Å²) in [6.07, 6.45) is 4.99. The molecule has 19 heavy (non-hydrogen) atoms. The fraction of sp³-hybridized carbons (Fsp3) is 0.467. The van der Waals surface area contributed by atoms with Gasteiger partial charge in [-0.2, -0.15) is 0 Å². The third kappa shape index (κ3) is 4.09. The van der Waals surface area contributed by atoms with Crippen LogP contribution in [0.1, 0.15) is 43.0 Å². The Balaban J connectivity index is 1.79. The zero-order chi connectivity index (χ0) is 13.7. The Kier molecular flexibility index (Phi) is 4.55. The monoisotopic (exact) mass is 260 g/mol. The van der Waals surface area contributed by atoms with Gasteiger partial charge in [-0.1, -0.05) is 12.8 Å². The van der Waals surface area contributed by atoms with Crippen LogP contribution in [-0.2, 0) is 0 Å². The second kappa shape index (κ2) is 6.36. The van der Waals surface area contributed by atoms with Crippen LogP contribution in [0.2, 0.25) is 0 Å². The molecule has 0 atom stereocenters. The number of nitrogens with one attached hydrogen (secondary N) is 2. The van der Waals surface area contributed by atoms with Crippen molar-refractivity contribution in [3.8, 4) is 0 Å². The van der Waals surface area contributed by atoms with Crippen LogP contribution < -0.4 is 10.6 Å². The highest BCUT2D eigenvalue weighted by Gasteiger charge is 2.15. The van der Waals surface area contributed by atoms with Crippen LogP contribution in [0.15, 0.2) is 24.3 Å². The lowest BCUT2D eigenvalue weighted by molar-refractivity contribution is 0.101. The summed E-state index contributed by atoms with van der Waals surface area (Å²) in [4.78, 5) is 22.8. The Morgan fingerprint density at radius 1 is 1.16 bits per heavy atom. The van der Waals surface area contributed by atoms with Crippen molar-refractivity contribution in [3.05, 3.63) is 29.8 Å². The number of hydrogen-bond acceptors (Lipinski definition) is 2. The number of anilines is 1. The molecule has 2 amide bonds. The topological polar surface area (TPSA) is 58.2 Å². The Hall–Kier alpha value is -1.84. The minimum absolute atomic E-state index is 0.0252. The Bertz CT molecular complexity index is 448. The molecule has 0 saturated heterocycles. The van der Waals surface area contributed by atoms with Crippen molar-refractivity contribution in [2.45, 2.75) is 32.6 Å². The van der Waals surface area contributed by atoms with Gasteiger partial charge in [0.05, 0.1) is 0 Å². The number of hydrogen-bond donors (Lipinski definition) is 2. The molecule has 1 fully saturated rings. The molecule has 1 aliphatic carbocycles. The fourth-order valence-corrected chi connectivity index (χ4v) is 2.42. The van der Waals surface area contributed by atoms with Crippen molar-refractivity contribution < 1.29 is 9.59 Å². The smallest absolute Gasteiger partial charge is 0.319 e. The number of Topliss-reactive ketones (excluding diaryl/α,β-unsaturated/α-hetero) is 1. The van der Waals surface area contributed by atoms with E-state index in [1.807, 2.05) is 0 Å². The summed E-state index contributed by atoms with van der Waals surface area (Å²) >= 11 is 0. The first-order chi connectivity index (χ1) is 9.15. The minimum atomic E-state index is -0.178. The number of carbonyl (C=O) groups excluding carboxylic acids is 2. The molecule has 0 unspecified atom stereocenters. The molecule has 102 valence electrons. The molecule has 2 N–H and O–H groups in total. The molecule has 1 aromatic carbocycles. The normalized spacial score (nSPS) is 15.2. The molecule has 1 saturated carbocycles. The van der Waals surface area contributed by atoms with Crippen LogP contribution in [0.3, 0.4) is 0 Å². The number of benzene rings is 1. The van der Waals surface area contributed by atoms with Gasteiger partial charge in [-0.25, -0.2) is 4.79 Å². The number of ketones is 1. The standard InChI is InChI=1S/C15H20N2O2/c1-11(18)13-6-8-14(9-7-13)17-15(19)16-10-12-4-2-3-5-12/h6-9,12H,2-5,10H2,1H3,(H2,16,17,19). The number of urea groups is 1. The number of rotatable bonds is 4.